The molecule has 3 rings (SSSR count). The van der Waals surface area contributed by atoms with Crippen LogP contribution < -0.4 is 4.90 Å². The highest BCUT2D eigenvalue weighted by Crippen LogP contribution is 2.38. The van der Waals surface area contributed by atoms with Gasteiger partial charge < -0.3 is 4.90 Å². The van der Waals surface area contributed by atoms with Gasteiger partial charge in [0.25, 0.3) is 0 Å². The van der Waals surface area contributed by atoms with Crippen LogP contribution in [0, 0.1) is 11.7 Å². The number of benzene rings is 2. The van der Waals surface area contributed by atoms with Gasteiger partial charge in [0.1, 0.15) is 5.82 Å². The molecule has 0 bridgehead atoms. The standard InChI is InChI=1S/C22H29FN2O4S2/c1-16-12-14-25(15-13-16)22-20(6-5-7-21(22)23)17(2)30(26,27)18-8-10-19(11-9-18)31(28,29)24(3)4/h5-11,16-17H,12-15H2,1-4H3. The molecule has 1 heterocycles. The Morgan fingerprint density at radius 1 is 0.968 bits per heavy atom. The Morgan fingerprint density at radius 2 is 1.52 bits per heavy atom. The zero-order valence-corrected chi connectivity index (χ0v) is 19.9. The summed E-state index contributed by atoms with van der Waals surface area (Å²) in [4.78, 5) is 1.95. The van der Waals surface area contributed by atoms with E-state index in [9.17, 15) is 21.2 Å². The molecule has 1 aliphatic rings. The lowest BCUT2D eigenvalue weighted by Gasteiger charge is -2.34. The quantitative estimate of drug-likeness (QED) is 0.644. The van der Waals surface area contributed by atoms with Gasteiger partial charge in [0, 0.05) is 27.2 Å². The second-order valence-corrected chi connectivity index (χ2v) is 12.7. The average molecular weight is 469 g/mol. The molecule has 0 spiro atoms. The van der Waals surface area contributed by atoms with E-state index in [0.29, 0.717) is 30.3 Å². The fourth-order valence-corrected chi connectivity index (χ4v) is 6.16. The Balaban J connectivity index is 1.97. The third kappa shape index (κ3) is 4.63. The maximum Gasteiger partial charge on any atom is 0.242 e. The molecule has 0 amide bonds. The second-order valence-electron chi connectivity index (χ2n) is 8.29. The van der Waals surface area contributed by atoms with Crippen LogP contribution in [-0.2, 0) is 19.9 Å². The average Bonchev–Trinajstić information content (AvgIpc) is 2.73. The lowest BCUT2D eigenvalue weighted by molar-refractivity contribution is 0.434. The molecular formula is C22H29FN2O4S2. The van der Waals surface area contributed by atoms with Crippen molar-refractivity contribution < 1.29 is 21.2 Å². The third-order valence-corrected chi connectivity index (χ3v) is 9.90. The van der Waals surface area contributed by atoms with Gasteiger partial charge in [-0.25, -0.2) is 25.5 Å². The zero-order valence-electron chi connectivity index (χ0n) is 18.2. The Kier molecular flexibility index (Phi) is 6.78. The molecule has 2 aromatic carbocycles. The van der Waals surface area contributed by atoms with Crippen LogP contribution in [0.1, 0.15) is 37.5 Å². The van der Waals surface area contributed by atoms with Crippen molar-refractivity contribution in [2.24, 2.45) is 5.92 Å². The molecular weight excluding hydrogens is 439 g/mol. The van der Waals surface area contributed by atoms with Gasteiger partial charge >= 0.3 is 0 Å². The Morgan fingerprint density at radius 3 is 2.06 bits per heavy atom. The number of nitrogens with zero attached hydrogens (tertiary/aromatic N) is 2. The Labute approximate surface area is 184 Å². The number of anilines is 1. The predicted molar refractivity (Wildman–Crippen MR) is 120 cm³/mol. The molecule has 1 fully saturated rings. The molecule has 1 atom stereocenters. The van der Waals surface area contributed by atoms with Crippen molar-refractivity contribution in [2.45, 2.75) is 41.7 Å². The number of hydrogen-bond donors (Lipinski definition) is 0. The summed E-state index contributed by atoms with van der Waals surface area (Å²) >= 11 is 0. The third-order valence-electron chi connectivity index (χ3n) is 5.95. The first-order chi connectivity index (χ1) is 14.5. The first-order valence-electron chi connectivity index (χ1n) is 10.3. The number of sulfone groups is 1. The van der Waals surface area contributed by atoms with Crippen LogP contribution in [0.15, 0.2) is 52.3 Å². The summed E-state index contributed by atoms with van der Waals surface area (Å²) in [5.41, 5.74) is 0.761. The number of piperidine rings is 1. The molecule has 0 radical (unpaired) electrons. The van der Waals surface area contributed by atoms with Gasteiger partial charge in [-0.05, 0) is 61.6 Å². The van der Waals surface area contributed by atoms with Crippen molar-refractivity contribution in [3.05, 3.63) is 53.8 Å². The topological polar surface area (TPSA) is 74.8 Å². The van der Waals surface area contributed by atoms with Crippen molar-refractivity contribution in [3.8, 4) is 0 Å². The Hall–Kier alpha value is -1.97. The molecule has 0 aromatic heterocycles. The van der Waals surface area contributed by atoms with Crippen LogP contribution in [0.2, 0.25) is 0 Å². The zero-order chi connectivity index (χ0) is 23.0. The lowest BCUT2D eigenvalue weighted by Crippen LogP contribution is -2.34. The van der Waals surface area contributed by atoms with Crippen LogP contribution in [-0.4, -0.2) is 48.3 Å². The maximum absolute atomic E-state index is 14.8. The molecule has 9 heteroatoms. The molecule has 0 saturated carbocycles. The number of para-hydroxylation sites is 1. The fourth-order valence-electron chi connectivity index (χ4n) is 3.81. The molecule has 31 heavy (non-hydrogen) atoms. The number of hydrogen-bond acceptors (Lipinski definition) is 5. The number of rotatable bonds is 6. The SMILES string of the molecule is CC1CCN(c2c(F)cccc2C(C)S(=O)(=O)c2ccc(S(=O)(=O)N(C)C)cc2)CC1. The van der Waals surface area contributed by atoms with Gasteiger partial charge in [0.05, 0.1) is 20.7 Å². The van der Waals surface area contributed by atoms with Crippen LogP contribution >= 0.6 is 0 Å². The fraction of sp³-hybridized carbons (Fsp3) is 0.455. The second kappa shape index (κ2) is 8.88. The van der Waals surface area contributed by atoms with Gasteiger partial charge in [-0.1, -0.05) is 19.1 Å². The molecule has 1 aliphatic heterocycles. The van der Waals surface area contributed by atoms with Gasteiger partial charge in [-0.15, -0.1) is 0 Å². The van der Waals surface area contributed by atoms with Crippen molar-refractivity contribution in [1.29, 1.82) is 0 Å². The summed E-state index contributed by atoms with van der Waals surface area (Å²) in [6.07, 6.45) is 1.85. The summed E-state index contributed by atoms with van der Waals surface area (Å²) in [6, 6.07) is 9.70. The minimum Gasteiger partial charge on any atom is -0.369 e. The van der Waals surface area contributed by atoms with E-state index in [1.807, 2.05) is 4.90 Å². The Bertz CT molecular complexity index is 1140. The van der Waals surface area contributed by atoms with E-state index in [1.54, 1.807) is 13.0 Å². The summed E-state index contributed by atoms with van der Waals surface area (Å²) in [5, 5.41) is -0.992. The first-order valence-corrected chi connectivity index (χ1v) is 13.2. The monoisotopic (exact) mass is 468 g/mol. The van der Waals surface area contributed by atoms with Crippen LogP contribution in [0.4, 0.5) is 10.1 Å². The van der Waals surface area contributed by atoms with Crippen molar-refractivity contribution in [3.63, 3.8) is 0 Å². The maximum atomic E-state index is 14.8. The van der Waals surface area contributed by atoms with Gasteiger partial charge in [0.15, 0.2) is 9.84 Å². The van der Waals surface area contributed by atoms with Gasteiger partial charge in [0.2, 0.25) is 10.0 Å². The van der Waals surface area contributed by atoms with E-state index in [0.717, 1.165) is 17.1 Å². The largest absolute Gasteiger partial charge is 0.369 e. The highest BCUT2D eigenvalue weighted by atomic mass is 32.2. The van der Waals surface area contributed by atoms with Crippen LogP contribution in [0.3, 0.4) is 0 Å². The van der Waals surface area contributed by atoms with E-state index in [2.05, 4.69) is 6.92 Å². The lowest BCUT2D eigenvalue weighted by atomic mass is 9.97. The smallest absolute Gasteiger partial charge is 0.242 e. The number of sulfonamides is 1. The normalized spacial score (nSPS) is 17.2. The summed E-state index contributed by atoms with van der Waals surface area (Å²) < 4.78 is 67.1. The molecule has 170 valence electrons. The molecule has 1 saturated heterocycles. The summed E-state index contributed by atoms with van der Waals surface area (Å²) in [5.74, 6) is 0.131. The van der Waals surface area contributed by atoms with Gasteiger partial charge in [-0.2, -0.15) is 0 Å². The van der Waals surface area contributed by atoms with Crippen molar-refractivity contribution in [1.82, 2.24) is 4.31 Å². The van der Waals surface area contributed by atoms with E-state index in [-0.39, 0.29) is 9.79 Å². The molecule has 0 aliphatic carbocycles. The van der Waals surface area contributed by atoms with Crippen LogP contribution in [0.5, 0.6) is 0 Å². The first kappa shape index (κ1) is 23.7. The minimum atomic E-state index is -3.86. The van der Waals surface area contributed by atoms with Crippen LogP contribution in [0.25, 0.3) is 0 Å². The van der Waals surface area contributed by atoms with E-state index in [1.165, 1.54) is 50.5 Å². The predicted octanol–water partition coefficient (Wildman–Crippen LogP) is 3.85. The molecule has 6 nitrogen and oxygen atoms in total. The number of halogens is 1. The molecule has 1 unspecified atom stereocenters. The van der Waals surface area contributed by atoms with E-state index >= 15 is 0 Å². The van der Waals surface area contributed by atoms with Crippen molar-refractivity contribution in [2.75, 3.05) is 32.1 Å². The minimum absolute atomic E-state index is 0.000170. The highest BCUT2D eigenvalue weighted by Gasteiger charge is 2.31. The highest BCUT2D eigenvalue weighted by molar-refractivity contribution is 7.91. The van der Waals surface area contributed by atoms with Gasteiger partial charge in [-0.3, -0.25) is 0 Å². The summed E-state index contributed by atoms with van der Waals surface area (Å²) in [6.45, 7) is 5.06. The van der Waals surface area contributed by atoms with Crippen molar-refractivity contribution >= 4 is 25.5 Å². The molecule has 0 N–H and O–H groups in total. The van der Waals surface area contributed by atoms with E-state index < -0.39 is 30.9 Å². The summed E-state index contributed by atoms with van der Waals surface area (Å²) in [7, 11) is -4.70. The molecule has 2 aromatic rings. The van der Waals surface area contributed by atoms with E-state index in [4.69, 9.17) is 0 Å².